The van der Waals surface area contributed by atoms with E-state index in [1.807, 2.05) is 41.8 Å². The van der Waals surface area contributed by atoms with Crippen molar-refractivity contribution in [1.82, 2.24) is 9.55 Å². The lowest BCUT2D eigenvalue weighted by Gasteiger charge is -2.09. The predicted molar refractivity (Wildman–Crippen MR) is 83.8 cm³/mol. The van der Waals surface area contributed by atoms with E-state index in [1.54, 1.807) is 0 Å². The maximum absolute atomic E-state index is 9.55. The van der Waals surface area contributed by atoms with E-state index in [4.69, 9.17) is 5.73 Å². The van der Waals surface area contributed by atoms with Gasteiger partial charge in [-0.05, 0) is 48.9 Å². The number of aromatic nitrogens is 2. The summed E-state index contributed by atoms with van der Waals surface area (Å²) in [5, 5.41) is 9.55. The summed E-state index contributed by atoms with van der Waals surface area (Å²) in [5.41, 5.74) is 10.3. The molecule has 0 aliphatic carbocycles. The van der Waals surface area contributed by atoms with Crippen molar-refractivity contribution >= 4 is 32.7 Å². The summed E-state index contributed by atoms with van der Waals surface area (Å²) < 4.78 is 3.01. The zero-order valence-corrected chi connectivity index (χ0v) is 12.6. The van der Waals surface area contributed by atoms with E-state index in [9.17, 15) is 5.11 Å². The average molecular weight is 332 g/mol. The number of aryl methyl sites for hydroxylation is 1. The SMILES string of the molecule is Cc1cc(-n2c(CO)nc3cc(N)ccc32)ccc1Br. The highest BCUT2D eigenvalue weighted by atomic mass is 79.9. The van der Waals surface area contributed by atoms with Crippen molar-refractivity contribution in [2.45, 2.75) is 13.5 Å². The van der Waals surface area contributed by atoms with Crippen molar-refractivity contribution in [1.29, 1.82) is 0 Å². The van der Waals surface area contributed by atoms with Gasteiger partial charge in [-0.15, -0.1) is 0 Å². The minimum absolute atomic E-state index is 0.121. The first-order chi connectivity index (χ1) is 9.60. The van der Waals surface area contributed by atoms with Gasteiger partial charge < -0.3 is 10.8 Å². The lowest BCUT2D eigenvalue weighted by molar-refractivity contribution is 0.270. The Morgan fingerprint density at radius 1 is 1.25 bits per heavy atom. The monoisotopic (exact) mass is 331 g/mol. The fourth-order valence-electron chi connectivity index (χ4n) is 2.31. The van der Waals surface area contributed by atoms with Gasteiger partial charge in [-0.2, -0.15) is 0 Å². The first kappa shape index (κ1) is 13.1. The topological polar surface area (TPSA) is 64.1 Å². The van der Waals surface area contributed by atoms with Crippen LogP contribution in [-0.4, -0.2) is 14.7 Å². The van der Waals surface area contributed by atoms with Gasteiger partial charge in [0.15, 0.2) is 0 Å². The van der Waals surface area contributed by atoms with Gasteiger partial charge in [-0.1, -0.05) is 15.9 Å². The second kappa shape index (κ2) is 4.92. The second-order valence-corrected chi connectivity index (χ2v) is 5.56. The molecular weight excluding hydrogens is 318 g/mol. The van der Waals surface area contributed by atoms with E-state index in [2.05, 4.69) is 27.0 Å². The number of hydrogen-bond acceptors (Lipinski definition) is 3. The zero-order valence-electron chi connectivity index (χ0n) is 11.0. The number of nitrogens with zero attached hydrogens (tertiary/aromatic N) is 2. The Kier molecular flexibility index (Phi) is 3.23. The van der Waals surface area contributed by atoms with Crippen LogP contribution in [0.15, 0.2) is 40.9 Å². The van der Waals surface area contributed by atoms with Gasteiger partial charge in [-0.3, -0.25) is 4.57 Å². The summed E-state index contributed by atoms with van der Waals surface area (Å²) in [4.78, 5) is 4.44. The summed E-state index contributed by atoms with van der Waals surface area (Å²) >= 11 is 3.50. The fourth-order valence-corrected chi connectivity index (χ4v) is 2.56. The normalized spacial score (nSPS) is 11.2. The van der Waals surface area contributed by atoms with Gasteiger partial charge in [0.2, 0.25) is 0 Å². The first-order valence-corrected chi connectivity index (χ1v) is 7.03. The van der Waals surface area contributed by atoms with Gasteiger partial charge in [0.1, 0.15) is 12.4 Å². The van der Waals surface area contributed by atoms with Crippen LogP contribution < -0.4 is 5.73 Å². The molecule has 2 aromatic carbocycles. The Morgan fingerprint density at radius 2 is 2.05 bits per heavy atom. The number of imidazole rings is 1. The Bertz CT molecular complexity index is 795. The molecule has 3 N–H and O–H groups in total. The lowest BCUT2D eigenvalue weighted by Crippen LogP contribution is -2.01. The molecule has 5 heteroatoms. The zero-order chi connectivity index (χ0) is 14.3. The van der Waals surface area contributed by atoms with E-state index in [0.29, 0.717) is 11.5 Å². The van der Waals surface area contributed by atoms with E-state index < -0.39 is 0 Å². The molecule has 0 saturated heterocycles. The van der Waals surface area contributed by atoms with Crippen LogP contribution in [0.25, 0.3) is 16.7 Å². The number of hydrogen-bond donors (Lipinski definition) is 2. The molecule has 0 saturated carbocycles. The molecule has 1 heterocycles. The minimum atomic E-state index is -0.121. The van der Waals surface area contributed by atoms with Gasteiger partial charge in [-0.25, -0.2) is 4.98 Å². The molecule has 0 radical (unpaired) electrons. The van der Waals surface area contributed by atoms with Crippen molar-refractivity contribution in [3.05, 3.63) is 52.3 Å². The number of halogens is 1. The molecule has 0 bridgehead atoms. The Labute approximate surface area is 125 Å². The Balaban J connectivity index is 2.30. The number of benzene rings is 2. The van der Waals surface area contributed by atoms with Crippen molar-refractivity contribution in [3.8, 4) is 5.69 Å². The average Bonchev–Trinajstić information content (AvgIpc) is 2.79. The van der Waals surface area contributed by atoms with Crippen LogP contribution in [0.3, 0.4) is 0 Å². The number of rotatable bonds is 2. The smallest absolute Gasteiger partial charge is 0.140 e. The van der Waals surface area contributed by atoms with E-state index >= 15 is 0 Å². The third-order valence-electron chi connectivity index (χ3n) is 3.29. The summed E-state index contributed by atoms with van der Waals surface area (Å²) in [6.45, 7) is 1.91. The van der Waals surface area contributed by atoms with Gasteiger partial charge in [0, 0.05) is 15.8 Å². The molecule has 3 aromatic rings. The van der Waals surface area contributed by atoms with Crippen molar-refractivity contribution in [3.63, 3.8) is 0 Å². The molecule has 0 spiro atoms. The van der Waals surface area contributed by atoms with E-state index in [-0.39, 0.29) is 6.61 Å². The number of aliphatic hydroxyl groups is 1. The molecule has 4 nitrogen and oxygen atoms in total. The van der Waals surface area contributed by atoms with Crippen LogP contribution in [0.1, 0.15) is 11.4 Å². The number of nitrogen functional groups attached to an aromatic ring is 1. The molecule has 0 amide bonds. The predicted octanol–water partition coefficient (Wildman–Crippen LogP) is 3.17. The van der Waals surface area contributed by atoms with Gasteiger partial charge in [0.25, 0.3) is 0 Å². The maximum Gasteiger partial charge on any atom is 0.140 e. The van der Waals surface area contributed by atoms with Crippen LogP contribution in [0, 0.1) is 6.92 Å². The van der Waals surface area contributed by atoms with E-state index in [0.717, 1.165) is 26.8 Å². The standard InChI is InChI=1S/C15H14BrN3O/c1-9-6-11(3-4-12(9)16)19-14-5-2-10(17)7-13(14)18-15(19)8-20/h2-7,20H,8,17H2,1H3. The highest BCUT2D eigenvalue weighted by Crippen LogP contribution is 2.26. The summed E-state index contributed by atoms with van der Waals surface area (Å²) in [6.07, 6.45) is 0. The molecule has 0 aliphatic heterocycles. The first-order valence-electron chi connectivity index (χ1n) is 6.24. The van der Waals surface area contributed by atoms with Crippen LogP contribution in [0.2, 0.25) is 0 Å². The third kappa shape index (κ3) is 2.09. The molecule has 3 rings (SSSR count). The van der Waals surface area contributed by atoms with E-state index in [1.165, 1.54) is 0 Å². The van der Waals surface area contributed by atoms with Crippen molar-refractivity contribution in [2.75, 3.05) is 5.73 Å². The van der Waals surface area contributed by atoms with Crippen LogP contribution in [0.5, 0.6) is 0 Å². The van der Waals surface area contributed by atoms with Crippen molar-refractivity contribution in [2.24, 2.45) is 0 Å². The molecule has 0 unspecified atom stereocenters. The second-order valence-electron chi connectivity index (χ2n) is 4.70. The number of nitrogens with two attached hydrogens (primary N) is 1. The maximum atomic E-state index is 9.55. The summed E-state index contributed by atoms with van der Waals surface area (Å²) in [7, 11) is 0. The largest absolute Gasteiger partial charge is 0.399 e. The van der Waals surface area contributed by atoms with Crippen LogP contribution in [-0.2, 0) is 6.61 Å². The highest BCUT2D eigenvalue weighted by molar-refractivity contribution is 9.10. The highest BCUT2D eigenvalue weighted by Gasteiger charge is 2.12. The lowest BCUT2D eigenvalue weighted by atomic mass is 10.2. The van der Waals surface area contributed by atoms with Crippen LogP contribution >= 0.6 is 15.9 Å². The quantitative estimate of drug-likeness (QED) is 0.709. The number of fused-ring (bicyclic) bond motifs is 1. The molecule has 0 atom stereocenters. The van der Waals surface area contributed by atoms with Gasteiger partial charge >= 0.3 is 0 Å². The Morgan fingerprint density at radius 3 is 2.75 bits per heavy atom. The molecular formula is C15H14BrN3O. The van der Waals surface area contributed by atoms with Crippen LogP contribution in [0.4, 0.5) is 5.69 Å². The molecule has 1 aromatic heterocycles. The number of anilines is 1. The minimum Gasteiger partial charge on any atom is -0.399 e. The molecule has 0 aliphatic rings. The fraction of sp³-hybridized carbons (Fsp3) is 0.133. The number of aliphatic hydroxyl groups excluding tert-OH is 1. The summed E-state index contributed by atoms with van der Waals surface area (Å²) in [5.74, 6) is 0.604. The molecule has 0 fully saturated rings. The molecule has 20 heavy (non-hydrogen) atoms. The van der Waals surface area contributed by atoms with Gasteiger partial charge in [0.05, 0.1) is 11.0 Å². The third-order valence-corrected chi connectivity index (χ3v) is 4.18. The molecule has 102 valence electrons. The van der Waals surface area contributed by atoms with Crippen molar-refractivity contribution < 1.29 is 5.11 Å². The Hall–Kier alpha value is -1.85. The summed E-state index contributed by atoms with van der Waals surface area (Å²) in [6, 6.07) is 11.6.